The van der Waals surface area contributed by atoms with Crippen LogP contribution in [0, 0.1) is 10.1 Å². The number of nitro groups is 1. The van der Waals surface area contributed by atoms with Gasteiger partial charge in [0.25, 0.3) is 5.69 Å². The van der Waals surface area contributed by atoms with E-state index in [4.69, 9.17) is 11.6 Å². The summed E-state index contributed by atoms with van der Waals surface area (Å²) in [7, 11) is 0. The molecule has 0 saturated carbocycles. The van der Waals surface area contributed by atoms with Crippen LogP contribution in [0.5, 0.6) is 0 Å². The van der Waals surface area contributed by atoms with Gasteiger partial charge in [0.15, 0.2) is 0 Å². The molecule has 0 bridgehead atoms. The first-order valence-electron chi connectivity index (χ1n) is 5.65. The monoisotopic (exact) mass is 268 g/mol. The van der Waals surface area contributed by atoms with E-state index in [1.807, 2.05) is 6.08 Å². The highest BCUT2D eigenvalue weighted by Crippen LogP contribution is 2.23. The Labute approximate surface area is 112 Å². The summed E-state index contributed by atoms with van der Waals surface area (Å²) in [5, 5.41) is 14.6. The molecule has 0 aliphatic rings. The molecule has 4 nitrogen and oxygen atoms in total. The summed E-state index contributed by atoms with van der Waals surface area (Å²) in [6.45, 7) is 6.82. The smallest absolute Gasteiger partial charge is 0.276 e. The minimum absolute atomic E-state index is 0.0185. The number of benzene rings is 1. The Bertz CT molecular complexity index is 465. The third-order valence-electron chi connectivity index (χ3n) is 2.23. The van der Waals surface area contributed by atoms with E-state index in [-0.39, 0.29) is 11.2 Å². The molecule has 0 unspecified atom stereocenters. The highest BCUT2D eigenvalue weighted by molar-refractivity contribution is 6.30. The number of rotatable bonds is 4. The van der Waals surface area contributed by atoms with E-state index in [1.54, 1.807) is 12.1 Å². The van der Waals surface area contributed by atoms with E-state index in [9.17, 15) is 10.1 Å². The molecule has 0 atom stereocenters. The Morgan fingerprint density at radius 2 is 2.11 bits per heavy atom. The minimum Gasteiger partial charge on any atom is -0.309 e. The number of hydrogen-bond acceptors (Lipinski definition) is 3. The zero-order valence-electron chi connectivity index (χ0n) is 10.7. The van der Waals surface area contributed by atoms with Crippen molar-refractivity contribution >= 4 is 23.4 Å². The molecule has 0 aromatic heterocycles. The third kappa shape index (κ3) is 4.85. The largest absolute Gasteiger partial charge is 0.309 e. The van der Waals surface area contributed by atoms with Crippen molar-refractivity contribution in [3.63, 3.8) is 0 Å². The average molecular weight is 269 g/mol. The lowest BCUT2D eigenvalue weighted by Gasteiger charge is -2.18. The van der Waals surface area contributed by atoms with Crippen LogP contribution in [0.1, 0.15) is 26.3 Å². The van der Waals surface area contributed by atoms with Gasteiger partial charge >= 0.3 is 0 Å². The molecule has 0 aliphatic heterocycles. The van der Waals surface area contributed by atoms with Crippen molar-refractivity contribution in [3.05, 3.63) is 45.0 Å². The van der Waals surface area contributed by atoms with Crippen LogP contribution in [-0.2, 0) is 0 Å². The average Bonchev–Trinajstić information content (AvgIpc) is 2.22. The summed E-state index contributed by atoms with van der Waals surface area (Å²) in [5.41, 5.74) is 0.597. The molecule has 1 aromatic carbocycles. The molecule has 1 N–H and O–H groups in total. The summed E-state index contributed by atoms with van der Waals surface area (Å²) >= 11 is 5.83. The number of halogens is 1. The van der Waals surface area contributed by atoms with Crippen LogP contribution in [0.3, 0.4) is 0 Å². The predicted molar refractivity (Wildman–Crippen MR) is 74.9 cm³/mol. The zero-order chi connectivity index (χ0) is 13.8. The maximum atomic E-state index is 10.8. The molecular formula is C13H17ClN2O2. The van der Waals surface area contributed by atoms with Crippen LogP contribution >= 0.6 is 11.6 Å². The molecule has 0 heterocycles. The van der Waals surface area contributed by atoms with Crippen molar-refractivity contribution in [1.29, 1.82) is 0 Å². The number of hydrogen-bond donors (Lipinski definition) is 1. The Morgan fingerprint density at radius 3 is 2.67 bits per heavy atom. The van der Waals surface area contributed by atoms with E-state index in [0.717, 1.165) is 0 Å². The predicted octanol–water partition coefficient (Wildman–Crippen LogP) is 3.65. The fourth-order valence-electron chi connectivity index (χ4n) is 1.38. The summed E-state index contributed by atoms with van der Waals surface area (Å²) < 4.78 is 0. The van der Waals surface area contributed by atoms with E-state index in [2.05, 4.69) is 26.1 Å². The molecule has 1 rings (SSSR count). The number of nitrogens with zero attached hydrogens (tertiary/aromatic N) is 1. The first-order chi connectivity index (χ1) is 8.29. The van der Waals surface area contributed by atoms with Gasteiger partial charge in [-0.25, -0.2) is 0 Å². The van der Waals surface area contributed by atoms with E-state index in [0.29, 0.717) is 17.1 Å². The van der Waals surface area contributed by atoms with Crippen molar-refractivity contribution in [2.45, 2.75) is 26.3 Å². The minimum atomic E-state index is -0.410. The molecule has 0 spiro atoms. The van der Waals surface area contributed by atoms with Gasteiger partial charge in [-0.3, -0.25) is 10.1 Å². The molecule has 5 heteroatoms. The molecule has 0 aliphatic carbocycles. The second kappa shape index (κ2) is 5.98. The number of nitrogens with one attached hydrogen (secondary N) is 1. The maximum Gasteiger partial charge on any atom is 0.276 e. The Balaban J connectivity index is 2.80. The van der Waals surface area contributed by atoms with Gasteiger partial charge in [0, 0.05) is 23.2 Å². The Hall–Kier alpha value is -1.39. The van der Waals surface area contributed by atoms with Crippen LogP contribution < -0.4 is 5.32 Å². The fraction of sp³-hybridized carbons (Fsp3) is 0.385. The van der Waals surface area contributed by atoms with E-state index in [1.165, 1.54) is 12.1 Å². The van der Waals surface area contributed by atoms with Gasteiger partial charge in [0.2, 0.25) is 0 Å². The van der Waals surface area contributed by atoms with Gasteiger partial charge in [-0.05, 0) is 32.9 Å². The lowest BCUT2D eigenvalue weighted by Crippen LogP contribution is -2.35. The second-order valence-corrected chi connectivity index (χ2v) is 5.43. The first-order valence-corrected chi connectivity index (χ1v) is 6.03. The van der Waals surface area contributed by atoms with Gasteiger partial charge in [-0.2, -0.15) is 0 Å². The summed E-state index contributed by atoms with van der Waals surface area (Å²) in [4.78, 5) is 10.4. The normalized spacial score (nSPS) is 12.0. The molecule has 1 aromatic rings. The zero-order valence-corrected chi connectivity index (χ0v) is 11.5. The van der Waals surface area contributed by atoms with Crippen molar-refractivity contribution in [3.8, 4) is 0 Å². The summed E-state index contributed by atoms with van der Waals surface area (Å²) in [6.07, 6.45) is 3.56. The first kappa shape index (κ1) is 14.7. The molecule has 0 saturated heterocycles. The van der Waals surface area contributed by atoms with E-state index < -0.39 is 4.92 Å². The van der Waals surface area contributed by atoms with Crippen LogP contribution in [0.2, 0.25) is 5.02 Å². The van der Waals surface area contributed by atoms with Gasteiger partial charge in [-0.15, -0.1) is 0 Å². The molecule has 18 heavy (non-hydrogen) atoms. The highest BCUT2D eigenvalue weighted by Gasteiger charge is 2.11. The van der Waals surface area contributed by atoms with Gasteiger partial charge in [0.05, 0.1) is 10.5 Å². The topological polar surface area (TPSA) is 55.2 Å². The summed E-state index contributed by atoms with van der Waals surface area (Å²) in [6, 6.07) is 4.52. The number of nitro benzene ring substituents is 1. The van der Waals surface area contributed by atoms with Gasteiger partial charge in [0.1, 0.15) is 0 Å². The maximum absolute atomic E-state index is 10.8. The quantitative estimate of drug-likeness (QED) is 0.670. The van der Waals surface area contributed by atoms with Crippen molar-refractivity contribution < 1.29 is 4.92 Å². The van der Waals surface area contributed by atoms with Crippen molar-refractivity contribution in [2.24, 2.45) is 0 Å². The Kier molecular flexibility index (Phi) is 4.87. The van der Waals surface area contributed by atoms with E-state index >= 15 is 0 Å². The van der Waals surface area contributed by atoms with Crippen LogP contribution in [-0.4, -0.2) is 17.0 Å². The molecule has 0 amide bonds. The lowest BCUT2D eigenvalue weighted by molar-refractivity contribution is -0.385. The van der Waals surface area contributed by atoms with Crippen LogP contribution in [0.25, 0.3) is 6.08 Å². The van der Waals surface area contributed by atoms with Crippen LogP contribution in [0.15, 0.2) is 24.3 Å². The van der Waals surface area contributed by atoms with Crippen LogP contribution in [0.4, 0.5) is 5.69 Å². The second-order valence-electron chi connectivity index (χ2n) is 4.99. The van der Waals surface area contributed by atoms with Crippen molar-refractivity contribution in [1.82, 2.24) is 5.32 Å². The SMILES string of the molecule is CC(C)(C)NC/C=C/c1cc(Cl)ccc1[N+](=O)[O-]. The van der Waals surface area contributed by atoms with Crippen molar-refractivity contribution in [2.75, 3.05) is 6.54 Å². The molecule has 0 radical (unpaired) electrons. The Morgan fingerprint density at radius 1 is 1.44 bits per heavy atom. The third-order valence-corrected chi connectivity index (χ3v) is 2.47. The molecule has 0 fully saturated rings. The highest BCUT2D eigenvalue weighted by atomic mass is 35.5. The van der Waals surface area contributed by atoms with Gasteiger partial charge in [-0.1, -0.05) is 23.8 Å². The lowest BCUT2D eigenvalue weighted by atomic mass is 10.1. The molecule has 98 valence electrons. The summed E-state index contributed by atoms with van der Waals surface area (Å²) in [5.74, 6) is 0. The standard InChI is InChI=1S/C13H17ClN2O2/c1-13(2,3)15-8-4-5-10-9-11(14)6-7-12(10)16(17)18/h4-7,9,15H,8H2,1-3H3/b5-4+. The molecular weight excluding hydrogens is 252 g/mol. The fourth-order valence-corrected chi connectivity index (χ4v) is 1.56. The van der Waals surface area contributed by atoms with Gasteiger partial charge < -0.3 is 5.32 Å².